The molecule has 0 aromatic heterocycles. The van der Waals surface area contributed by atoms with Crippen LogP contribution in [0.1, 0.15) is 38.4 Å². The third kappa shape index (κ3) is 3.73. The van der Waals surface area contributed by atoms with Gasteiger partial charge in [-0.25, -0.2) is 0 Å². The molecule has 122 valence electrons. The van der Waals surface area contributed by atoms with Gasteiger partial charge in [0.25, 0.3) is 0 Å². The van der Waals surface area contributed by atoms with Gasteiger partial charge in [0, 0.05) is 18.5 Å². The van der Waals surface area contributed by atoms with Gasteiger partial charge in [0.1, 0.15) is 12.1 Å². The highest BCUT2D eigenvalue weighted by Gasteiger charge is 2.39. The van der Waals surface area contributed by atoms with Gasteiger partial charge in [0.15, 0.2) is 0 Å². The quantitative estimate of drug-likeness (QED) is 0.773. The maximum atomic E-state index is 12.5. The van der Waals surface area contributed by atoms with Gasteiger partial charge in [0.05, 0.1) is 0 Å². The molecule has 0 spiro atoms. The van der Waals surface area contributed by atoms with E-state index in [4.69, 9.17) is 4.74 Å². The van der Waals surface area contributed by atoms with Crippen LogP contribution in [0.25, 0.3) is 0 Å². The van der Waals surface area contributed by atoms with Crippen LogP contribution in [0.2, 0.25) is 0 Å². The molecule has 1 fully saturated rings. The molecule has 0 bridgehead atoms. The third-order valence-corrected chi connectivity index (χ3v) is 4.86. The Hall–Kier alpha value is -1.87. The van der Waals surface area contributed by atoms with Gasteiger partial charge < -0.3 is 4.74 Å². The number of rotatable bonds is 5. The van der Waals surface area contributed by atoms with E-state index in [-0.39, 0.29) is 23.5 Å². The summed E-state index contributed by atoms with van der Waals surface area (Å²) < 4.78 is 5.68. The summed E-state index contributed by atoms with van der Waals surface area (Å²) in [5.74, 6) is -0.0912. The highest BCUT2D eigenvalue weighted by atomic mass is 16.5. The van der Waals surface area contributed by atoms with Crippen molar-refractivity contribution in [3.8, 4) is 0 Å². The molecule has 0 radical (unpaired) electrons. The molecule has 1 heterocycles. The average molecular weight is 311 g/mol. The lowest BCUT2D eigenvalue weighted by Crippen LogP contribution is -2.55. The van der Waals surface area contributed by atoms with Crippen molar-refractivity contribution in [2.45, 2.75) is 38.8 Å². The molecule has 3 rings (SSSR count). The van der Waals surface area contributed by atoms with E-state index < -0.39 is 0 Å². The standard InChI is InChI=1S/C20H25NO2/c1-16(17-9-5-3-6-10-17)23-19(22)18-11-14-21(18)15-20(2)12-7-4-8-13-20/h3-10,12,16,18H,11,13-15H2,1-2H3. The molecular formula is C20H25NO2. The van der Waals surface area contributed by atoms with E-state index in [0.29, 0.717) is 0 Å². The van der Waals surface area contributed by atoms with Gasteiger partial charge in [-0.2, -0.15) is 0 Å². The van der Waals surface area contributed by atoms with Gasteiger partial charge in [0.2, 0.25) is 0 Å². The molecule has 0 amide bonds. The smallest absolute Gasteiger partial charge is 0.324 e. The Labute approximate surface area is 138 Å². The van der Waals surface area contributed by atoms with Crippen LogP contribution in [0, 0.1) is 5.41 Å². The molecule has 1 aliphatic heterocycles. The molecule has 3 atom stereocenters. The van der Waals surface area contributed by atoms with Crippen molar-refractivity contribution in [3.05, 3.63) is 60.2 Å². The zero-order chi connectivity index (χ0) is 16.3. The van der Waals surface area contributed by atoms with Crippen molar-refractivity contribution in [1.29, 1.82) is 0 Å². The maximum absolute atomic E-state index is 12.5. The minimum absolute atomic E-state index is 0.0858. The first-order valence-corrected chi connectivity index (χ1v) is 8.41. The van der Waals surface area contributed by atoms with Crippen molar-refractivity contribution in [1.82, 2.24) is 4.90 Å². The first-order chi connectivity index (χ1) is 11.1. The van der Waals surface area contributed by atoms with Crippen molar-refractivity contribution < 1.29 is 9.53 Å². The molecule has 1 aromatic carbocycles. The number of benzene rings is 1. The lowest BCUT2D eigenvalue weighted by atomic mass is 9.81. The fraction of sp³-hybridized carbons (Fsp3) is 0.450. The van der Waals surface area contributed by atoms with Gasteiger partial charge in [-0.1, -0.05) is 61.6 Å². The Morgan fingerprint density at radius 2 is 2.13 bits per heavy atom. The van der Waals surface area contributed by atoms with Crippen LogP contribution in [0.4, 0.5) is 0 Å². The van der Waals surface area contributed by atoms with E-state index >= 15 is 0 Å². The molecule has 0 saturated carbocycles. The second-order valence-corrected chi connectivity index (χ2v) is 6.91. The average Bonchev–Trinajstić information content (AvgIpc) is 2.53. The summed E-state index contributed by atoms with van der Waals surface area (Å²) >= 11 is 0. The lowest BCUT2D eigenvalue weighted by Gasteiger charge is -2.44. The van der Waals surface area contributed by atoms with E-state index in [1.54, 1.807) is 0 Å². The van der Waals surface area contributed by atoms with Crippen LogP contribution in [0.5, 0.6) is 0 Å². The molecular weight excluding hydrogens is 286 g/mol. The van der Waals surface area contributed by atoms with Crippen LogP contribution >= 0.6 is 0 Å². The fourth-order valence-electron chi connectivity index (χ4n) is 3.29. The zero-order valence-electron chi connectivity index (χ0n) is 13.9. The van der Waals surface area contributed by atoms with Crippen molar-refractivity contribution in [2.75, 3.05) is 13.1 Å². The lowest BCUT2D eigenvalue weighted by molar-refractivity contribution is -0.161. The summed E-state index contributed by atoms with van der Waals surface area (Å²) in [6, 6.07) is 9.82. The maximum Gasteiger partial charge on any atom is 0.324 e. The van der Waals surface area contributed by atoms with Crippen LogP contribution in [-0.4, -0.2) is 30.0 Å². The first-order valence-electron chi connectivity index (χ1n) is 8.41. The minimum Gasteiger partial charge on any atom is -0.457 e. The number of carbonyl (C=O) groups is 1. The monoisotopic (exact) mass is 311 g/mol. The largest absolute Gasteiger partial charge is 0.457 e. The molecule has 1 saturated heterocycles. The topological polar surface area (TPSA) is 29.5 Å². The van der Waals surface area contributed by atoms with Gasteiger partial charge >= 0.3 is 5.97 Å². The number of esters is 1. The molecule has 1 aliphatic carbocycles. The Bertz CT molecular complexity index is 607. The van der Waals surface area contributed by atoms with E-state index in [0.717, 1.165) is 31.5 Å². The van der Waals surface area contributed by atoms with E-state index in [9.17, 15) is 4.79 Å². The Morgan fingerprint density at radius 3 is 2.74 bits per heavy atom. The van der Waals surface area contributed by atoms with Gasteiger partial charge in [-0.05, 0) is 25.3 Å². The summed E-state index contributed by atoms with van der Waals surface area (Å²) in [5, 5.41) is 0. The SMILES string of the molecule is CC(OC(=O)C1CCN1CC1(C)C=CC=CC1)c1ccccc1. The van der Waals surface area contributed by atoms with E-state index in [1.807, 2.05) is 37.3 Å². The van der Waals surface area contributed by atoms with Crippen molar-refractivity contribution >= 4 is 5.97 Å². The second-order valence-electron chi connectivity index (χ2n) is 6.91. The summed E-state index contributed by atoms with van der Waals surface area (Å²) in [6.07, 6.45) is 10.4. The number of hydrogen-bond donors (Lipinski definition) is 0. The molecule has 0 N–H and O–H groups in total. The van der Waals surface area contributed by atoms with Gasteiger partial charge in [-0.15, -0.1) is 0 Å². The van der Waals surface area contributed by atoms with Crippen molar-refractivity contribution in [3.63, 3.8) is 0 Å². The normalized spacial score (nSPS) is 28.2. The fourth-order valence-corrected chi connectivity index (χ4v) is 3.29. The molecule has 3 unspecified atom stereocenters. The molecule has 2 aliphatic rings. The predicted octanol–water partition coefficient (Wildman–Crippen LogP) is 3.89. The second kappa shape index (κ2) is 6.71. The number of allylic oxidation sites excluding steroid dienone is 3. The van der Waals surface area contributed by atoms with E-state index in [2.05, 4.69) is 36.1 Å². The summed E-state index contributed by atoms with van der Waals surface area (Å²) in [7, 11) is 0. The van der Waals surface area contributed by atoms with Crippen molar-refractivity contribution in [2.24, 2.45) is 5.41 Å². The minimum atomic E-state index is -0.195. The molecule has 23 heavy (non-hydrogen) atoms. The van der Waals surface area contributed by atoms with Crippen LogP contribution < -0.4 is 0 Å². The third-order valence-electron chi connectivity index (χ3n) is 4.86. The van der Waals surface area contributed by atoms with E-state index in [1.165, 1.54) is 0 Å². The summed E-state index contributed by atoms with van der Waals surface area (Å²) in [4.78, 5) is 14.7. The number of nitrogens with zero attached hydrogens (tertiary/aromatic N) is 1. The van der Waals surface area contributed by atoms with Crippen LogP contribution in [-0.2, 0) is 9.53 Å². The first kappa shape index (κ1) is 16.0. The number of likely N-dealkylation sites (tertiary alicyclic amines) is 1. The molecule has 3 heteroatoms. The van der Waals surface area contributed by atoms with Crippen LogP contribution in [0.3, 0.4) is 0 Å². The van der Waals surface area contributed by atoms with Gasteiger partial charge in [-0.3, -0.25) is 9.69 Å². The number of ether oxygens (including phenoxy) is 1. The van der Waals surface area contributed by atoms with Crippen LogP contribution in [0.15, 0.2) is 54.6 Å². The number of carbonyl (C=O) groups excluding carboxylic acids is 1. The Balaban J connectivity index is 1.56. The Morgan fingerprint density at radius 1 is 1.35 bits per heavy atom. The molecule has 3 nitrogen and oxygen atoms in total. The highest BCUT2D eigenvalue weighted by molar-refractivity contribution is 5.77. The molecule has 1 aromatic rings. The summed E-state index contributed by atoms with van der Waals surface area (Å²) in [5.41, 5.74) is 1.16. The zero-order valence-corrected chi connectivity index (χ0v) is 13.9. The highest BCUT2D eigenvalue weighted by Crippen LogP contribution is 2.32. The predicted molar refractivity (Wildman–Crippen MR) is 91.9 cm³/mol. The number of hydrogen-bond acceptors (Lipinski definition) is 3. The Kier molecular flexibility index (Phi) is 4.67. The summed E-state index contributed by atoms with van der Waals surface area (Å²) in [6.45, 7) is 6.08.